The van der Waals surface area contributed by atoms with Crippen molar-refractivity contribution in [1.29, 1.82) is 0 Å². The Bertz CT molecular complexity index is 697. The molecule has 0 aliphatic rings. The fourth-order valence-electron chi connectivity index (χ4n) is 1.71. The normalized spacial score (nSPS) is 10.7. The number of aromatic nitrogens is 1. The molecule has 1 N–H and O–H groups in total. The van der Waals surface area contributed by atoms with E-state index in [2.05, 4.69) is 10.3 Å². The van der Waals surface area contributed by atoms with Crippen LogP contribution in [0.1, 0.15) is 5.56 Å². The van der Waals surface area contributed by atoms with Crippen LogP contribution in [0.4, 0.5) is 11.5 Å². The van der Waals surface area contributed by atoms with E-state index in [1.165, 1.54) is 6.08 Å². The Morgan fingerprint density at radius 1 is 1.23 bits per heavy atom. The van der Waals surface area contributed by atoms with Crippen molar-refractivity contribution < 1.29 is 4.79 Å². The SMILES string of the molecule is CN(C)c1ccc(NC(=O)/C=C/c2ccc(Cl)cc2Cl)cn1. The fraction of sp³-hybridized carbons (Fsp3) is 0.125. The number of anilines is 2. The van der Waals surface area contributed by atoms with E-state index in [0.717, 1.165) is 11.4 Å². The Hall–Kier alpha value is -2.04. The van der Waals surface area contributed by atoms with Gasteiger partial charge < -0.3 is 10.2 Å². The molecule has 22 heavy (non-hydrogen) atoms. The summed E-state index contributed by atoms with van der Waals surface area (Å²) in [5.41, 5.74) is 1.35. The van der Waals surface area contributed by atoms with E-state index in [1.807, 2.05) is 25.1 Å². The van der Waals surface area contributed by atoms with Gasteiger partial charge in [0.1, 0.15) is 5.82 Å². The second kappa shape index (κ2) is 7.29. The van der Waals surface area contributed by atoms with Crippen LogP contribution in [-0.2, 0) is 4.79 Å². The van der Waals surface area contributed by atoms with Gasteiger partial charge in [-0.25, -0.2) is 4.98 Å². The van der Waals surface area contributed by atoms with Crippen molar-refractivity contribution in [3.05, 3.63) is 58.2 Å². The van der Waals surface area contributed by atoms with Crippen LogP contribution in [0.15, 0.2) is 42.6 Å². The Balaban J connectivity index is 2.01. The van der Waals surface area contributed by atoms with E-state index >= 15 is 0 Å². The van der Waals surface area contributed by atoms with Gasteiger partial charge in [-0.05, 0) is 35.9 Å². The Labute approximate surface area is 139 Å². The molecule has 0 bridgehead atoms. The maximum absolute atomic E-state index is 11.9. The first-order valence-corrected chi connectivity index (χ1v) is 7.29. The Kier molecular flexibility index (Phi) is 5.41. The molecule has 0 unspecified atom stereocenters. The molecule has 0 saturated heterocycles. The lowest BCUT2D eigenvalue weighted by Crippen LogP contribution is -2.12. The van der Waals surface area contributed by atoms with Crippen LogP contribution in [0.25, 0.3) is 6.08 Å². The third-order valence-electron chi connectivity index (χ3n) is 2.85. The maximum atomic E-state index is 11.9. The molecule has 0 saturated carbocycles. The topological polar surface area (TPSA) is 45.2 Å². The molecule has 114 valence electrons. The molecule has 0 aliphatic carbocycles. The van der Waals surface area contributed by atoms with Crippen molar-refractivity contribution >= 4 is 46.7 Å². The van der Waals surface area contributed by atoms with Gasteiger partial charge in [-0.15, -0.1) is 0 Å². The van der Waals surface area contributed by atoms with Crippen molar-refractivity contribution in [1.82, 2.24) is 4.98 Å². The molecule has 0 aliphatic heterocycles. The standard InChI is InChI=1S/C16H15Cl2N3O/c1-21(2)15-7-6-13(10-19-15)20-16(22)8-4-11-3-5-12(17)9-14(11)18/h3-10H,1-2H3,(H,20,22)/b8-4+. The molecule has 6 heteroatoms. The summed E-state index contributed by atoms with van der Waals surface area (Å²) in [6, 6.07) is 8.72. The van der Waals surface area contributed by atoms with Crippen LogP contribution < -0.4 is 10.2 Å². The Morgan fingerprint density at radius 2 is 2.00 bits per heavy atom. The van der Waals surface area contributed by atoms with Gasteiger partial charge in [0, 0.05) is 30.2 Å². The monoisotopic (exact) mass is 335 g/mol. The minimum atomic E-state index is -0.259. The van der Waals surface area contributed by atoms with Gasteiger partial charge in [0.25, 0.3) is 0 Å². The largest absolute Gasteiger partial charge is 0.363 e. The molecule has 0 radical (unpaired) electrons. The molecule has 1 aromatic heterocycles. The zero-order chi connectivity index (χ0) is 16.1. The highest BCUT2D eigenvalue weighted by molar-refractivity contribution is 6.35. The maximum Gasteiger partial charge on any atom is 0.248 e. The smallest absolute Gasteiger partial charge is 0.248 e. The van der Waals surface area contributed by atoms with Gasteiger partial charge in [-0.3, -0.25) is 4.79 Å². The van der Waals surface area contributed by atoms with Crippen LogP contribution >= 0.6 is 23.2 Å². The number of nitrogens with zero attached hydrogens (tertiary/aromatic N) is 2. The second-order valence-corrected chi connectivity index (χ2v) is 5.63. The highest BCUT2D eigenvalue weighted by Crippen LogP contribution is 2.22. The number of carbonyl (C=O) groups excluding carboxylic acids is 1. The molecule has 0 spiro atoms. The molecular formula is C16H15Cl2N3O. The van der Waals surface area contributed by atoms with E-state index in [1.54, 1.807) is 36.5 Å². The summed E-state index contributed by atoms with van der Waals surface area (Å²) >= 11 is 11.9. The fourth-order valence-corrected chi connectivity index (χ4v) is 2.18. The van der Waals surface area contributed by atoms with Gasteiger partial charge in [0.05, 0.1) is 11.9 Å². The first kappa shape index (κ1) is 16.3. The van der Waals surface area contributed by atoms with E-state index in [4.69, 9.17) is 23.2 Å². The van der Waals surface area contributed by atoms with E-state index in [0.29, 0.717) is 15.7 Å². The average molecular weight is 336 g/mol. The lowest BCUT2D eigenvalue weighted by molar-refractivity contribution is -0.111. The summed E-state index contributed by atoms with van der Waals surface area (Å²) in [6.07, 6.45) is 4.65. The minimum absolute atomic E-state index is 0.259. The number of hydrogen-bond acceptors (Lipinski definition) is 3. The van der Waals surface area contributed by atoms with Gasteiger partial charge in [-0.2, -0.15) is 0 Å². The quantitative estimate of drug-likeness (QED) is 0.855. The summed E-state index contributed by atoms with van der Waals surface area (Å²) < 4.78 is 0. The van der Waals surface area contributed by atoms with Crippen LogP contribution in [0.5, 0.6) is 0 Å². The first-order chi connectivity index (χ1) is 10.5. The van der Waals surface area contributed by atoms with Crippen molar-refractivity contribution in [2.24, 2.45) is 0 Å². The summed E-state index contributed by atoms with van der Waals surface area (Å²) in [7, 11) is 3.80. The number of amides is 1. The molecule has 1 aromatic carbocycles. The molecular weight excluding hydrogens is 321 g/mol. The summed E-state index contributed by atoms with van der Waals surface area (Å²) in [4.78, 5) is 18.0. The van der Waals surface area contributed by atoms with Crippen LogP contribution in [-0.4, -0.2) is 25.0 Å². The zero-order valence-corrected chi connectivity index (χ0v) is 13.7. The average Bonchev–Trinajstić information content (AvgIpc) is 2.47. The molecule has 2 rings (SSSR count). The molecule has 2 aromatic rings. The van der Waals surface area contributed by atoms with Crippen LogP contribution in [0.2, 0.25) is 10.0 Å². The van der Waals surface area contributed by atoms with E-state index in [9.17, 15) is 4.79 Å². The van der Waals surface area contributed by atoms with Gasteiger partial charge in [-0.1, -0.05) is 29.3 Å². The van der Waals surface area contributed by atoms with Crippen molar-refractivity contribution in [3.8, 4) is 0 Å². The van der Waals surface area contributed by atoms with Gasteiger partial charge in [0.2, 0.25) is 5.91 Å². The number of benzene rings is 1. The number of nitrogens with one attached hydrogen (secondary N) is 1. The van der Waals surface area contributed by atoms with Gasteiger partial charge in [0.15, 0.2) is 0 Å². The predicted molar refractivity (Wildman–Crippen MR) is 92.7 cm³/mol. The highest BCUT2D eigenvalue weighted by Gasteiger charge is 2.02. The lowest BCUT2D eigenvalue weighted by atomic mass is 10.2. The Morgan fingerprint density at radius 3 is 2.59 bits per heavy atom. The number of hydrogen-bond donors (Lipinski definition) is 1. The minimum Gasteiger partial charge on any atom is -0.363 e. The molecule has 1 amide bonds. The number of rotatable bonds is 4. The van der Waals surface area contributed by atoms with E-state index < -0.39 is 0 Å². The van der Waals surface area contributed by atoms with Crippen molar-refractivity contribution in [3.63, 3.8) is 0 Å². The zero-order valence-electron chi connectivity index (χ0n) is 12.2. The molecule has 0 atom stereocenters. The van der Waals surface area contributed by atoms with E-state index in [-0.39, 0.29) is 5.91 Å². The summed E-state index contributed by atoms with van der Waals surface area (Å²) in [5.74, 6) is 0.562. The van der Waals surface area contributed by atoms with Gasteiger partial charge >= 0.3 is 0 Å². The number of halogens is 2. The second-order valence-electron chi connectivity index (χ2n) is 4.79. The third kappa shape index (κ3) is 4.48. The van der Waals surface area contributed by atoms with Crippen molar-refractivity contribution in [2.45, 2.75) is 0 Å². The van der Waals surface area contributed by atoms with Crippen LogP contribution in [0.3, 0.4) is 0 Å². The molecule has 4 nitrogen and oxygen atoms in total. The first-order valence-electron chi connectivity index (χ1n) is 6.53. The molecule has 1 heterocycles. The van der Waals surface area contributed by atoms with Crippen LogP contribution in [0, 0.1) is 0 Å². The highest BCUT2D eigenvalue weighted by atomic mass is 35.5. The number of pyridine rings is 1. The summed E-state index contributed by atoms with van der Waals surface area (Å²) in [6.45, 7) is 0. The van der Waals surface area contributed by atoms with Crippen molar-refractivity contribution in [2.75, 3.05) is 24.3 Å². The predicted octanol–water partition coefficient (Wildman–Crippen LogP) is 4.11. The molecule has 0 fully saturated rings. The number of carbonyl (C=O) groups is 1. The lowest BCUT2D eigenvalue weighted by Gasteiger charge is -2.11. The summed E-state index contributed by atoms with van der Waals surface area (Å²) in [5, 5.41) is 3.78. The third-order valence-corrected chi connectivity index (χ3v) is 3.41.